The van der Waals surface area contributed by atoms with Gasteiger partial charge in [0.1, 0.15) is 0 Å². The van der Waals surface area contributed by atoms with E-state index in [-0.39, 0.29) is 12.4 Å². The highest BCUT2D eigenvalue weighted by molar-refractivity contribution is 5.85. The minimum atomic E-state index is 0. The van der Waals surface area contributed by atoms with Crippen LogP contribution in [0.4, 0.5) is 0 Å². The number of fused-ring (bicyclic) bond motifs is 2. The summed E-state index contributed by atoms with van der Waals surface area (Å²) >= 11 is 0. The molecule has 0 N–H and O–H groups in total. The zero-order chi connectivity index (χ0) is 13.6. The van der Waals surface area contributed by atoms with Crippen LogP contribution in [-0.2, 0) is 12.8 Å². The van der Waals surface area contributed by atoms with Crippen LogP contribution in [-0.4, -0.2) is 4.98 Å². The van der Waals surface area contributed by atoms with Crippen molar-refractivity contribution in [3.63, 3.8) is 0 Å². The number of hydrogen-bond acceptors (Lipinski definition) is 1. The van der Waals surface area contributed by atoms with Gasteiger partial charge in [0, 0.05) is 11.1 Å². The number of halogens is 1. The summed E-state index contributed by atoms with van der Waals surface area (Å²) in [7, 11) is 0. The van der Waals surface area contributed by atoms with Crippen molar-refractivity contribution in [1.82, 2.24) is 4.98 Å². The number of benzene rings is 1. The van der Waals surface area contributed by atoms with Crippen LogP contribution < -0.4 is 0 Å². The van der Waals surface area contributed by atoms with E-state index in [1.165, 1.54) is 35.0 Å². The van der Waals surface area contributed by atoms with E-state index < -0.39 is 0 Å². The van der Waals surface area contributed by atoms with Crippen LogP contribution in [0, 0.1) is 18.3 Å². The molecule has 1 unspecified atom stereocenters. The van der Waals surface area contributed by atoms with Gasteiger partial charge in [0.05, 0.1) is 5.52 Å². The van der Waals surface area contributed by atoms with Crippen LogP contribution in [0.25, 0.3) is 10.9 Å². The van der Waals surface area contributed by atoms with Crippen molar-refractivity contribution in [1.29, 1.82) is 0 Å². The van der Waals surface area contributed by atoms with E-state index in [0.29, 0.717) is 5.41 Å². The number of rotatable bonds is 0. The first kappa shape index (κ1) is 15.3. The normalized spacial score (nSPS) is 18.5. The third-order valence-electron chi connectivity index (χ3n) is 4.77. The average molecular weight is 290 g/mol. The SMILES string of the molecule is Cc1c2c(nc3ccccc13)CCC(C(C)(C)C)C2.Cl. The lowest BCUT2D eigenvalue weighted by Crippen LogP contribution is -2.28. The molecule has 1 aliphatic rings. The Kier molecular flexibility index (Phi) is 4.11. The number of para-hydroxylation sites is 1. The summed E-state index contributed by atoms with van der Waals surface area (Å²) in [6.07, 6.45) is 3.62. The van der Waals surface area contributed by atoms with Gasteiger partial charge in [0.2, 0.25) is 0 Å². The van der Waals surface area contributed by atoms with Crippen LogP contribution >= 0.6 is 12.4 Å². The largest absolute Gasteiger partial charge is 0.253 e. The fourth-order valence-corrected chi connectivity index (χ4v) is 3.36. The molecule has 1 nitrogen and oxygen atoms in total. The number of aryl methyl sites for hydroxylation is 2. The molecule has 1 heterocycles. The second-order valence-corrected chi connectivity index (χ2v) is 6.98. The van der Waals surface area contributed by atoms with Gasteiger partial charge in [-0.05, 0) is 54.7 Å². The van der Waals surface area contributed by atoms with Gasteiger partial charge in [-0.1, -0.05) is 39.0 Å². The Bertz CT molecular complexity index is 625. The maximum Gasteiger partial charge on any atom is 0.0708 e. The summed E-state index contributed by atoms with van der Waals surface area (Å²) in [4.78, 5) is 4.89. The highest BCUT2D eigenvalue weighted by Crippen LogP contribution is 2.39. The average Bonchev–Trinajstić information content (AvgIpc) is 2.37. The van der Waals surface area contributed by atoms with Crippen molar-refractivity contribution in [2.24, 2.45) is 11.3 Å². The maximum atomic E-state index is 4.89. The summed E-state index contributed by atoms with van der Waals surface area (Å²) in [5.74, 6) is 0.779. The van der Waals surface area contributed by atoms with Crippen molar-refractivity contribution in [2.75, 3.05) is 0 Å². The third kappa shape index (κ3) is 2.56. The first-order chi connectivity index (χ1) is 8.97. The molecule has 2 aromatic rings. The molecular formula is C18H24ClN. The van der Waals surface area contributed by atoms with Gasteiger partial charge in [0.25, 0.3) is 0 Å². The Morgan fingerprint density at radius 1 is 1.15 bits per heavy atom. The standard InChI is InChI=1S/C18H23N.ClH/c1-12-14-7-5-6-8-16(14)19-17-10-9-13(11-15(12)17)18(2,3)4;/h5-8,13H,9-11H2,1-4H3;1H. The zero-order valence-electron chi connectivity index (χ0n) is 12.9. The molecule has 0 amide bonds. The summed E-state index contributed by atoms with van der Waals surface area (Å²) in [6, 6.07) is 8.55. The zero-order valence-corrected chi connectivity index (χ0v) is 13.7. The Hall–Kier alpha value is -1.08. The second-order valence-electron chi connectivity index (χ2n) is 6.98. The summed E-state index contributed by atoms with van der Waals surface area (Å²) < 4.78 is 0. The molecule has 1 aromatic carbocycles. The van der Waals surface area contributed by atoms with E-state index in [9.17, 15) is 0 Å². The van der Waals surface area contributed by atoms with Crippen molar-refractivity contribution >= 4 is 23.3 Å². The van der Waals surface area contributed by atoms with Gasteiger partial charge >= 0.3 is 0 Å². The Morgan fingerprint density at radius 3 is 2.55 bits per heavy atom. The highest BCUT2D eigenvalue weighted by atomic mass is 35.5. The molecule has 0 spiro atoms. The van der Waals surface area contributed by atoms with E-state index >= 15 is 0 Å². The summed E-state index contributed by atoms with van der Waals surface area (Å²) in [5, 5.41) is 1.33. The number of aromatic nitrogens is 1. The van der Waals surface area contributed by atoms with E-state index in [1.54, 1.807) is 0 Å². The van der Waals surface area contributed by atoms with Crippen LogP contribution in [0.3, 0.4) is 0 Å². The summed E-state index contributed by atoms with van der Waals surface area (Å²) in [5.41, 5.74) is 5.87. The van der Waals surface area contributed by atoms with Gasteiger partial charge in [-0.3, -0.25) is 4.98 Å². The lowest BCUT2D eigenvalue weighted by atomic mass is 9.71. The number of pyridine rings is 1. The Balaban J connectivity index is 0.00000147. The minimum absolute atomic E-state index is 0. The predicted octanol–water partition coefficient (Wildman–Crippen LogP) is 5.12. The van der Waals surface area contributed by atoms with Gasteiger partial charge in [-0.25, -0.2) is 0 Å². The molecular weight excluding hydrogens is 266 g/mol. The van der Waals surface area contributed by atoms with E-state index in [2.05, 4.69) is 52.0 Å². The molecule has 0 fully saturated rings. The molecule has 1 atom stereocenters. The molecule has 0 bridgehead atoms. The molecule has 0 saturated carbocycles. The van der Waals surface area contributed by atoms with Crippen LogP contribution in [0.15, 0.2) is 24.3 Å². The quantitative estimate of drug-likeness (QED) is 0.656. The van der Waals surface area contributed by atoms with Gasteiger partial charge < -0.3 is 0 Å². The second kappa shape index (κ2) is 5.37. The van der Waals surface area contributed by atoms with Gasteiger partial charge in [-0.2, -0.15) is 0 Å². The number of nitrogens with zero attached hydrogens (tertiary/aromatic N) is 1. The van der Waals surface area contributed by atoms with Crippen LogP contribution in [0.2, 0.25) is 0 Å². The van der Waals surface area contributed by atoms with Gasteiger partial charge in [0.15, 0.2) is 0 Å². The topological polar surface area (TPSA) is 12.9 Å². The monoisotopic (exact) mass is 289 g/mol. The Morgan fingerprint density at radius 2 is 1.85 bits per heavy atom. The molecule has 2 heteroatoms. The smallest absolute Gasteiger partial charge is 0.0708 e. The van der Waals surface area contributed by atoms with Crippen molar-refractivity contribution in [3.8, 4) is 0 Å². The molecule has 3 rings (SSSR count). The number of hydrogen-bond donors (Lipinski definition) is 0. The van der Waals surface area contributed by atoms with Crippen LogP contribution in [0.1, 0.15) is 44.0 Å². The minimum Gasteiger partial charge on any atom is -0.253 e. The third-order valence-corrected chi connectivity index (χ3v) is 4.77. The maximum absolute atomic E-state index is 4.89. The fraction of sp³-hybridized carbons (Fsp3) is 0.500. The van der Waals surface area contributed by atoms with E-state index in [1.807, 2.05) is 0 Å². The molecule has 20 heavy (non-hydrogen) atoms. The van der Waals surface area contributed by atoms with Gasteiger partial charge in [-0.15, -0.1) is 12.4 Å². The first-order valence-electron chi connectivity index (χ1n) is 7.34. The van der Waals surface area contributed by atoms with Crippen molar-refractivity contribution in [2.45, 2.75) is 47.0 Å². The van der Waals surface area contributed by atoms with Crippen molar-refractivity contribution < 1.29 is 0 Å². The van der Waals surface area contributed by atoms with Crippen LogP contribution in [0.5, 0.6) is 0 Å². The lowest BCUT2D eigenvalue weighted by molar-refractivity contribution is 0.214. The molecule has 1 aromatic heterocycles. The molecule has 108 valence electrons. The molecule has 1 aliphatic carbocycles. The summed E-state index contributed by atoms with van der Waals surface area (Å²) in [6.45, 7) is 9.37. The predicted molar refractivity (Wildman–Crippen MR) is 88.7 cm³/mol. The van der Waals surface area contributed by atoms with E-state index in [4.69, 9.17) is 4.98 Å². The Labute approximate surface area is 128 Å². The van der Waals surface area contributed by atoms with Crippen molar-refractivity contribution in [3.05, 3.63) is 41.1 Å². The van der Waals surface area contributed by atoms with E-state index in [0.717, 1.165) is 17.9 Å². The molecule has 0 radical (unpaired) electrons. The lowest BCUT2D eigenvalue weighted by Gasteiger charge is -2.35. The molecule has 0 aliphatic heterocycles. The molecule has 0 saturated heterocycles. The fourth-order valence-electron chi connectivity index (χ4n) is 3.36. The first-order valence-corrected chi connectivity index (χ1v) is 7.34. The highest BCUT2D eigenvalue weighted by Gasteiger charge is 2.30.